The van der Waals surface area contributed by atoms with Gasteiger partial charge in [0.1, 0.15) is 6.54 Å². The lowest BCUT2D eigenvalue weighted by molar-refractivity contribution is -0.135. The van der Waals surface area contributed by atoms with Gasteiger partial charge in [-0.1, -0.05) is 12.1 Å². The molecule has 1 aromatic carbocycles. The first kappa shape index (κ1) is 16.3. The molecule has 0 heterocycles. The van der Waals surface area contributed by atoms with E-state index in [4.69, 9.17) is 20.3 Å². The number of hydrogen-bond donors (Lipinski definition) is 2. The quantitative estimate of drug-likeness (QED) is 0.495. The summed E-state index contributed by atoms with van der Waals surface area (Å²) < 4.78 is 10.4. The van der Waals surface area contributed by atoms with E-state index in [9.17, 15) is 4.79 Å². The number of benzene rings is 1. The molecule has 0 aliphatic carbocycles. The van der Waals surface area contributed by atoms with Gasteiger partial charge in [0.2, 0.25) is 0 Å². The van der Waals surface area contributed by atoms with Crippen molar-refractivity contribution in [1.29, 1.82) is 0 Å². The van der Waals surface area contributed by atoms with Gasteiger partial charge in [-0.2, -0.15) is 0 Å². The molecule has 1 aromatic rings. The van der Waals surface area contributed by atoms with Gasteiger partial charge < -0.3 is 25.2 Å². The lowest BCUT2D eigenvalue weighted by Crippen LogP contribution is -2.33. The molecule has 0 amide bonds. The molecular formula is C14H22N2O4. The number of aliphatic carboxylic acids is 1. The van der Waals surface area contributed by atoms with E-state index in [1.54, 1.807) is 18.1 Å². The van der Waals surface area contributed by atoms with Crippen molar-refractivity contribution >= 4 is 17.3 Å². The Balaban J connectivity index is 2.49. The van der Waals surface area contributed by atoms with Crippen LogP contribution in [0.1, 0.15) is 6.42 Å². The van der Waals surface area contributed by atoms with Crippen LogP contribution in [0, 0.1) is 0 Å². The van der Waals surface area contributed by atoms with E-state index in [2.05, 4.69) is 0 Å². The molecule has 0 aliphatic rings. The molecule has 20 heavy (non-hydrogen) atoms. The number of nitrogens with two attached hydrogens (primary N) is 1. The second-order valence-corrected chi connectivity index (χ2v) is 4.33. The zero-order valence-corrected chi connectivity index (χ0v) is 11.7. The van der Waals surface area contributed by atoms with E-state index >= 15 is 0 Å². The number of para-hydroxylation sites is 2. The summed E-state index contributed by atoms with van der Waals surface area (Å²) in [6.45, 7) is 2.08. The normalized spacial score (nSPS) is 10.4. The molecule has 0 spiro atoms. The lowest BCUT2D eigenvalue weighted by atomic mass is 10.2. The fraction of sp³-hybridized carbons (Fsp3) is 0.500. The van der Waals surface area contributed by atoms with Gasteiger partial charge in [0, 0.05) is 26.9 Å². The molecule has 0 aromatic heterocycles. The number of nitrogen functional groups attached to an aromatic ring is 1. The Hall–Kier alpha value is -1.79. The van der Waals surface area contributed by atoms with Crippen LogP contribution in [0.25, 0.3) is 0 Å². The van der Waals surface area contributed by atoms with Crippen molar-refractivity contribution < 1.29 is 19.4 Å². The average Bonchev–Trinajstić information content (AvgIpc) is 2.41. The number of carboxylic acids is 1. The van der Waals surface area contributed by atoms with E-state index in [1.165, 1.54) is 0 Å². The highest BCUT2D eigenvalue weighted by molar-refractivity contribution is 5.77. The minimum absolute atomic E-state index is 0.102. The molecule has 0 saturated heterocycles. The second-order valence-electron chi connectivity index (χ2n) is 4.33. The Kier molecular flexibility index (Phi) is 7.46. The smallest absolute Gasteiger partial charge is 0.323 e. The molecule has 0 radical (unpaired) electrons. The SMILES string of the molecule is COCCCOCCN(CC(=O)O)c1ccccc1N. The van der Waals surface area contributed by atoms with Crippen LogP contribution in [0.4, 0.5) is 11.4 Å². The Labute approximate surface area is 119 Å². The van der Waals surface area contributed by atoms with Crippen molar-refractivity contribution in [2.75, 3.05) is 50.7 Å². The zero-order chi connectivity index (χ0) is 14.8. The predicted molar refractivity (Wildman–Crippen MR) is 78.0 cm³/mol. The molecule has 0 unspecified atom stereocenters. The number of ether oxygens (including phenoxy) is 2. The maximum Gasteiger partial charge on any atom is 0.323 e. The fourth-order valence-electron chi connectivity index (χ4n) is 1.81. The Morgan fingerprint density at radius 1 is 1.30 bits per heavy atom. The highest BCUT2D eigenvalue weighted by Gasteiger charge is 2.12. The summed E-state index contributed by atoms with van der Waals surface area (Å²) in [6.07, 6.45) is 0.822. The van der Waals surface area contributed by atoms with Gasteiger partial charge in [-0.25, -0.2) is 0 Å². The van der Waals surface area contributed by atoms with Crippen LogP contribution in [0.15, 0.2) is 24.3 Å². The molecular weight excluding hydrogens is 260 g/mol. The maximum atomic E-state index is 10.9. The first-order valence-corrected chi connectivity index (χ1v) is 6.53. The fourth-order valence-corrected chi connectivity index (χ4v) is 1.81. The van der Waals surface area contributed by atoms with E-state index in [-0.39, 0.29) is 6.54 Å². The van der Waals surface area contributed by atoms with Gasteiger partial charge in [0.05, 0.1) is 18.0 Å². The highest BCUT2D eigenvalue weighted by Crippen LogP contribution is 2.21. The predicted octanol–water partition coefficient (Wildman–Crippen LogP) is 1.21. The van der Waals surface area contributed by atoms with Crippen molar-refractivity contribution in [3.8, 4) is 0 Å². The summed E-state index contributed by atoms with van der Waals surface area (Å²) in [7, 11) is 1.65. The second kappa shape index (κ2) is 9.17. The van der Waals surface area contributed by atoms with Crippen molar-refractivity contribution in [3.63, 3.8) is 0 Å². The van der Waals surface area contributed by atoms with Gasteiger partial charge in [0.15, 0.2) is 0 Å². The van der Waals surface area contributed by atoms with Crippen molar-refractivity contribution in [1.82, 2.24) is 0 Å². The molecule has 3 N–H and O–H groups in total. The number of hydrogen-bond acceptors (Lipinski definition) is 5. The highest BCUT2D eigenvalue weighted by atomic mass is 16.5. The third kappa shape index (κ3) is 5.90. The average molecular weight is 282 g/mol. The van der Waals surface area contributed by atoms with Crippen molar-refractivity contribution in [2.45, 2.75) is 6.42 Å². The Morgan fingerprint density at radius 2 is 2.05 bits per heavy atom. The minimum Gasteiger partial charge on any atom is -0.480 e. The molecule has 1 rings (SSSR count). The molecule has 112 valence electrons. The topological polar surface area (TPSA) is 85.0 Å². The van der Waals surface area contributed by atoms with E-state index < -0.39 is 5.97 Å². The number of methoxy groups -OCH3 is 1. The van der Waals surface area contributed by atoms with Crippen LogP contribution in [0.5, 0.6) is 0 Å². The molecule has 0 bridgehead atoms. The summed E-state index contributed by atoms with van der Waals surface area (Å²) in [5, 5.41) is 8.97. The monoisotopic (exact) mass is 282 g/mol. The summed E-state index contributed by atoms with van der Waals surface area (Å²) >= 11 is 0. The van der Waals surface area contributed by atoms with Gasteiger partial charge in [-0.05, 0) is 18.6 Å². The van der Waals surface area contributed by atoms with Crippen molar-refractivity contribution in [3.05, 3.63) is 24.3 Å². The van der Waals surface area contributed by atoms with Crippen LogP contribution >= 0.6 is 0 Å². The van der Waals surface area contributed by atoms with Crippen LogP contribution < -0.4 is 10.6 Å². The van der Waals surface area contributed by atoms with Crippen LogP contribution in [-0.2, 0) is 14.3 Å². The summed E-state index contributed by atoms with van der Waals surface area (Å²) in [6, 6.07) is 7.21. The van der Waals surface area contributed by atoms with Crippen LogP contribution in [-0.4, -0.2) is 51.1 Å². The molecule has 6 heteroatoms. The van der Waals surface area contributed by atoms with Gasteiger partial charge >= 0.3 is 5.97 Å². The largest absolute Gasteiger partial charge is 0.480 e. The standard InChI is InChI=1S/C14H22N2O4/c1-19-8-4-9-20-10-7-16(11-14(17)18)13-6-3-2-5-12(13)15/h2-3,5-6H,4,7-11,15H2,1H3,(H,17,18). The molecule has 0 aliphatic heterocycles. The minimum atomic E-state index is -0.896. The third-order valence-corrected chi connectivity index (χ3v) is 2.75. The summed E-state index contributed by atoms with van der Waals surface area (Å²) in [4.78, 5) is 12.6. The van der Waals surface area contributed by atoms with Crippen LogP contribution in [0.3, 0.4) is 0 Å². The number of anilines is 2. The molecule has 0 fully saturated rings. The van der Waals surface area contributed by atoms with E-state index in [0.717, 1.165) is 12.1 Å². The lowest BCUT2D eigenvalue weighted by Gasteiger charge is -2.24. The maximum absolute atomic E-state index is 10.9. The first-order valence-electron chi connectivity index (χ1n) is 6.53. The Bertz CT molecular complexity index is 412. The van der Waals surface area contributed by atoms with E-state index in [0.29, 0.717) is 32.1 Å². The van der Waals surface area contributed by atoms with E-state index in [1.807, 2.05) is 18.2 Å². The van der Waals surface area contributed by atoms with Gasteiger partial charge in [-0.3, -0.25) is 4.79 Å². The number of carboxylic acid groups (broad SMARTS) is 1. The Morgan fingerprint density at radius 3 is 2.70 bits per heavy atom. The molecule has 6 nitrogen and oxygen atoms in total. The summed E-state index contributed by atoms with van der Waals surface area (Å²) in [5.41, 5.74) is 7.16. The van der Waals surface area contributed by atoms with Crippen LogP contribution in [0.2, 0.25) is 0 Å². The molecule has 0 saturated carbocycles. The summed E-state index contributed by atoms with van der Waals surface area (Å²) in [5.74, 6) is -0.896. The van der Waals surface area contributed by atoms with Crippen molar-refractivity contribution in [2.24, 2.45) is 0 Å². The molecule has 0 atom stereocenters. The number of nitrogens with zero attached hydrogens (tertiary/aromatic N) is 1. The van der Waals surface area contributed by atoms with Gasteiger partial charge in [0.25, 0.3) is 0 Å². The number of carbonyl (C=O) groups is 1. The zero-order valence-electron chi connectivity index (χ0n) is 11.7. The van der Waals surface area contributed by atoms with Gasteiger partial charge in [-0.15, -0.1) is 0 Å². The number of rotatable bonds is 10. The first-order chi connectivity index (χ1) is 9.65. The third-order valence-electron chi connectivity index (χ3n) is 2.75.